The summed E-state index contributed by atoms with van der Waals surface area (Å²) >= 11 is 0. The predicted molar refractivity (Wildman–Crippen MR) is 99.2 cm³/mol. The van der Waals surface area contributed by atoms with Crippen LogP contribution < -0.4 is 5.63 Å². The van der Waals surface area contributed by atoms with Gasteiger partial charge in [0.05, 0.1) is 0 Å². The molecule has 3 aromatic carbocycles. The number of ketones is 1. The highest BCUT2D eigenvalue weighted by Gasteiger charge is 2.12. The van der Waals surface area contributed by atoms with Crippen LogP contribution in [0.3, 0.4) is 0 Å². The average molecular weight is 328 g/mol. The lowest BCUT2D eigenvalue weighted by Crippen LogP contribution is -2.13. The lowest BCUT2D eigenvalue weighted by atomic mass is 10.0. The van der Waals surface area contributed by atoms with Gasteiger partial charge in [0.1, 0.15) is 5.58 Å². The Kier molecular flexibility index (Phi) is 3.69. The van der Waals surface area contributed by atoms with Crippen LogP contribution in [0.1, 0.15) is 21.5 Å². The smallest absolute Gasteiger partial charge is 0.339 e. The van der Waals surface area contributed by atoms with Crippen molar-refractivity contribution in [1.82, 2.24) is 0 Å². The van der Waals surface area contributed by atoms with E-state index in [1.807, 2.05) is 55.5 Å². The lowest BCUT2D eigenvalue weighted by molar-refractivity contribution is 0.0992. The molecule has 25 heavy (non-hydrogen) atoms. The molecule has 0 fully saturated rings. The number of rotatable bonds is 3. The van der Waals surface area contributed by atoms with Crippen LogP contribution >= 0.6 is 0 Å². The molecule has 0 saturated carbocycles. The van der Waals surface area contributed by atoms with Crippen LogP contribution in [-0.4, -0.2) is 5.78 Å². The molecule has 1 aromatic heterocycles. The molecule has 0 unspecified atom stereocenters. The molecule has 0 aliphatic rings. The molecule has 0 bridgehead atoms. The number of carbonyl (C=O) groups excluding carboxylic acids is 1. The lowest BCUT2D eigenvalue weighted by Gasteiger charge is -2.05. The van der Waals surface area contributed by atoms with E-state index in [1.165, 1.54) is 0 Å². The van der Waals surface area contributed by atoms with Gasteiger partial charge in [-0.3, -0.25) is 4.79 Å². The second kappa shape index (κ2) is 6.02. The molecule has 0 atom stereocenters. The van der Waals surface area contributed by atoms with Gasteiger partial charge in [-0.15, -0.1) is 0 Å². The second-order valence-electron chi connectivity index (χ2n) is 6.26. The monoisotopic (exact) mass is 328 g/mol. The molecule has 3 nitrogen and oxygen atoms in total. The highest BCUT2D eigenvalue weighted by molar-refractivity contribution is 5.99. The van der Waals surface area contributed by atoms with E-state index in [2.05, 4.69) is 0 Å². The first-order valence-electron chi connectivity index (χ1n) is 8.15. The zero-order valence-corrected chi connectivity index (χ0v) is 13.8. The molecule has 0 saturated heterocycles. The van der Waals surface area contributed by atoms with Gasteiger partial charge < -0.3 is 4.42 Å². The number of benzene rings is 3. The van der Waals surface area contributed by atoms with E-state index in [9.17, 15) is 9.59 Å². The fraction of sp³-hybridized carbons (Fsp3) is 0.0909. The first-order valence-corrected chi connectivity index (χ1v) is 8.15. The summed E-state index contributed by atoms with van der Waals surface area (Å²) in [6.07, 6.45) is 0.0359. The summed E-state index contributed by atoms with van der Waals surface area (Å²) in [5.74, 6) is -0.0903. The Balaban J connectivity index is 1.75. The molecule has 0 aliphatic carbocycles. The molecule has 0 radical (unpaired) electrons. The zero-order valence-electron chi connectivity index (χ0n) is 13.8. The normalized spacial score (nSPS) is 11.1. The Bertz CT molecular complexity index is 1150. The molecule has 4 aromatic rings. The van der Waals surface area contributed by atoms with E-state index in [0.29, 0.717) is 16.7 Å². The summed E-state index contributed by atoms with van der Waals surface area (Å²) in [6, 6.07) is 20.9. The Morgan fingerprint density at radius 3 is 2.28 bits per heavy atom. The van der Waals surface area contributed by atoms with Crippen molar-refractivity contribution in [2.45, 2.75) is 13.3 Å². The van der Waals surface area contributed by atoms with Crippen LogP contribution in [0.5, 0.6) is 0 Å². The highest BCUT2D eigenvalue weighted by atomic mass is 16.4. The van der Waals surface area contributed by atoms with Crippen LogP contribution in [-0.2, 0) is 6.42 Å². The van der Waals surface area contributed by atoms with Crippen LogP contribution in [0.25, 0.3) is 21.7 Å². The van der Waals surface area contributed by atoms with Gasteiger partial charge in [0.25, 0.3) is 0 Å². The average Bonchev–Trinajstić information content (AvgIpc) is 2.61. The van der Waals surface area contributed by atoms with Gasteiger partial charge in [0, 0.05) is 22.9 Å². The molecule has 0 amide bonds. The molecule has 3 heteroatoms. The van der Waals surface area contributed by atoms with E-state index in [0.717, 1.165) is 21.7 Å². The number of hydrogen-bond donors (Lipinski definition) is 0. The Morgan fingerprint density at radius 2 is 1.56 bits per heavy atom. The van der Waals surface area contributed by atoms with Crippen LogP contribution in [0.4, 0.5) is 0 Å². The van der Waals surface area contributed by atoms with Gasteiger partial charge in [-0.05, 0) is 35.9 Å². The molecule has 4 rings (SSSR count). The maximum absolute atomic E-state index is 12.4. The van der Waals surface area contributed by atoms with Gasteiger partial charge in [0.15, 0.2) is 5.78 Å². The van der Waals surface area contributed by atoms with Gasteiger partial charge in [-0.2, -0.15) is 0 Å². The third kappa shape index (κ3) is 2.96. The first-order chi connectivity index (χ1) is 12.1. The van der Waals surface area contributed by atoms with Gasteiger partial charge in [0.2, 0.25) is 0 Å². The minimum absolute atomic E-state index is 0.0359. The van der Waals surface area contributed by atoms with Crippen molar-refractivity contribution < 1.29 is 9.21 Å². The number of hydrogen-bond acceptors (Lipinski definition) is 3. The Labute approximate surface area is 144 Å². The quantitative estimate of drug-likeness (QED) is 0.312. The van der Waals surface area contributed by atoms with Gasteiger partial charge >= 0.3 is 5.63 Å². The van der Waals surface area contributed by atoms with Crippen LogP contribution in [0.15, 0.2) is 75.9 Å². The molecule has 0 spiro atoms. The summed E-state index contributed by atoms with van der Waals surface area (Å²) in [5.41, 5.74) is 2.16. The van der Waals surface area contributed by atoms with E-state index < -0.39 is 5.63 Å². The van der Waals surface area contributed by atoms with Gasteiger partial charge in [-0.25, -0.2) is 4.79 Å². The summed E-state index contributed by atoms with van der Waals surface area (Å²) in [4.78, 5) is 24.7. The summed E-state index contributed by atoms with van der Waals surface area (Å²) < 4.78 is 5.45. The second-order valence-corrected chi connectivity index (χ2v) is 6.26. The molecule has 0 N–H and O–H groups in total. The van der Waals surface area contributed by atoms with Crippen molar-refractivity contribution in [3.8, 4) is 0 Å². The summed E-state index contributed by atoms with van der Waals surface area (Å²) in [7, 11) is 0. The molecular formula is C22H16O3. The molecular weight excluding hydrogens is 312 g/mol. The minimum Gasteiger partial charge on any atom is -0.422 e. The number of fused-ring (bicyclic) bond motifs is 2. The third-order valence-corrected chi connectivity index (χ3v) is 4.40. The van der Waals surface area contributed by atoms with E-state index in [-0.39, 0.29) is 12.2 Å². The van der Waals surface area contributed by atoms with E-state index in [4.69, 9.17) is 4.42 Å². The number of Topliss-reactive ketones (excluding diaryl/α,β-unsaturated/α-hetero) is 1. The van der Waals surface area contributed by atoms with Crippen molar-refractivity contribution in [1.29, 1.82) is 0 Å². The fourth-order valence-electron chi connectivity index (χ4n) is 2.99. The largest absolute Gasteiger partial charge is 0.422 e. The minimum atomic E-state index is -0.455. The predicted octanol–water partition coefficient (Wildman–Crippen LogP) is 4.68. The van der Waals surface area contributed by atoms with E-state index in [1.54, 1.807) is 18.2 Å². The Morgan fingerprint density at radius 1 is 0.880 bits per heavy atom. The van der Waals surface area contributed by atoms with Crippen molar-refractivity contribution in [3.63, 3.8) is 0 Å². The summed E-state index contributed by atoms with van der Waals surface area (Å²) in [5, 5.41) is 2.91. The summed E-state index contributed by atoms with van der Waals surface area (Å²) in [6.45, 7) is 1.97. The SMILES string of the molecule is Cc1ccc(C(=O)Cc2cc3cc4ccccc4cc3oc2=O)cc1. The van der Waals surface area contributed by atoms with Crippen molar-refractivity contribution in [2.75, 3.05) is 0 Å². The number of aryl methyl sites for hydroxylation is 1. The van der Waals surface area contributed by atoms with Crippen LogP contribution in [0.2, 0.25) is 0 Å². The Hall–Kier alpha value is -3.20. The molecule has 122 valence electrons. The van der Waals surface area contributed by atoms with Crippen molar-refractivity contribution in [3.05, 3.63) is 93.8 Å². The fourth-order valence-corrected chi connectivity index (χ4v) is 2.99. The topological polar surface area (TPSA) is 47.3 Å². The number of carbonyl (C=O) groups is 1. The van der Waals surface area contributed by atoms with Crippen LogP contribution in [0, 0.1) is 6.92 Å². The maximum Gasteiger partial charge on any atom is 0.339 e. The van der Waals surface area contributed by atoms with Gasteiger partial charge in [-0.1, -0.05) is 54.1 Å². The molecule has 1 heterocycles. The van der Waals surface area contributed by atoms with Crippen molar-refractivity contribution in [2.24, 2.45) is 0 Å². The zero-order chi connectivity index (χ0) is 17.4. The first kappa shape index (κ1) is 15.3. The van der Waals surface area contributed by atoms with E-state index >= 15 is 0 Å². The highest BCUT2D eigenvalue weighted by Crippen LogP contribution is 2.22. The standard InChI is InChI=1S/C22H16O3/c1-14-6-8-15(9-7-14)20(23)12-19-11-18-10-16-4-2-3-5-17(16)13-21(18)25-22(19)24/h2-11,13H,12H2,1H3. The van der Waals surface area contributed by atoms with Crippen molar-refractivity contribution >= 4 is 27.5 Å². The maximum atomic E-state index is 12.4. The molecule has 0 aliphatic heterocycles. The third-order valence-electron chi connectivity index (χ3n) is 4.40.